The maximum absolute atomic E-state index is 13.5. The second-order valence-electron chi connectivity index (χ2n) is 9.27. The molecule has 3 nitrogen and oxygen atoms in total. The first-order valence-electron chi connectivity index (χ1n) is 11.6. The molecule has 2 rings (SSSR count). The molecule has 0 aromatic heterocycles. The highest BCUT2D eigenvalue weighted by atomic mass is 32.2. The predicted molar refractivity (Wildman–Crippen MR) is 128 cm³/mol. The highest BCUT2D eigenvalue weighted by Gasteiger charge is 2.37. The van der Waals surface area contributed by atoms with E-state index >= 15 is 0 Å². The maximum atomic E-state index is 13.5. The van der Waals surface area contributed by atoms with Gasteiger partial charge in [0.05, 0.1) is 0 Å². The number of piperidine rings is 1. The lowest BCUT2D eigenvalue weighted by Gasteiger charge is -2.41. The van der Waals surface area contributed by atoms with Crippen LogP contribution in [0.25, 0.3) is 0 Å². The standard InChI is InChI=1S/C25H40F2N2OS/c1-6-23-17-18(2)16-19(3)29(23)15-12-22(9-7-8-20(4)31-5)28-24(30)21-10-13-25(26,27)14-11-21/h6-9,18-19,21-22H,10-17H2,1-5H3,(H,28,30)/b9-7+,20-8-,23-6-/t18?,19-,22-/m1/s1. The summed E-state index contributed by atoms with van der Waals surface area (Å²) in [5.74, 6) is -2.31. The first kappa shape index (κ1) is 26.0. The molecule has 1 unspecified atom stereocenters. The van der Waals surface area contributed by atoms with Crippen LogP contribution in [0.5, 0.6) is 0 Å². The van der Waals surface area contributed by atoms with Gasteiger partial charge in [0, 0.05) is 43.1 Å². The van der Waals surface area contributed by atoms with Crippen LogP contribution in [-0.2, 0) is 4.79 Å². The van der Waals surface area contributed by atoms with Crippen molar-refractivity contribution in [3.05, 3.63) is 34.9 Å². The third kappa shape index (κ3) is 8.28. The molecular weight excluding hydrogens is 414 g/mol. The van der Waals surface area contributed by atoms with Gasteiger partial charge in [-0.05, 0) is 70.0 Å². The number of carbonyl (C=O) groups is 1. The third-order valence-corrected chi connectivity index (χ3v) is 7.41. The Bertz CT molecular complexity index is 679. The van der Waals surface area contributed by atoms with Crippen molar-refractivity contribution in [3.63, 3.8) is 0 Å². The van der Waals surface area contributed by atoms with Crippen LogP contribution in [0.1, 0.15) is 72.6 Å². The molecule has 0 aromatic carbocycles. The lowest BCUT2D eigenvalue weighted by molar-refractivity contribution is -0.129. The number of hydrogen-bond acceptors (Lipinski definition) is 3. The molecule has 1 amide bonds. The summed E-state index contributed by atoms with van der Waals surface area (Å²) in [6.45, 7) is 9.60. The number of amides is 1. The largest absolute Gasteiger partial charge is 0.372 e. The van der Waals surface area contributed by atoms with Gasteiger partial charge in [0.25, 0.3) is 0 Å². The van der Waals surface area contributed by atoms with Gasteiger partial charge in [-0.25, -0.2) is 8.78 Å². The molecule has 176 valence electrons. The van der Waals surface area contributed by atoms with Gasteiger partial charge in [-0.2, -0.15) is 0 Å². The third-order valence-electron chi connectivity index (χ3n) is 6.63. The first-order valence-corrected chi connectivity index (χ1v) is 12.9. The number of hydrogen-bond donors (Lipinski definition) is 1. The summed E-state index contributed by atoms with van der Waals surface area (Å²) in [6, 6.07) is 0.375. The molecule has 31 heavy (non-hydrogen) atoms. The summed E-state index contributed by atoms with van der Waals surface area (Å²) in [5, 5.41) is 3.15. The zero-order valence-corrected chi connectivity index (χ0v) is 20.6. The molecule has 2 aliphatic rings. The van der Waals surface area contributed by atoms with Crippen molar-refractivity contribution in [2.75, 3.05) is 12.8 Å². The number of carbonyl (C=O) groups excluding carboxylic acids is 1. The quantitative estimate of drug-likeness (QED) is 0.423. The molecule has 1 saturated heterocycles. The second-order valence-corrected chi connectivity index (χ2v) is 10.3. The van der Waals surface area contributed by atoms with Gasteiger partial charge >= 0.3 is 0 Å². The molecule has 1 aliphatic heterocycles. The molecule has 0 spiro atoms. The van der Waals surface area contributed by atoms with E-state index in [9.17, 15) is 13.6 Å². The Labute approximate surface area is 191 Å². The monoisotopic (exact) mass is 454 g/mol. The van der Waals surface area contributed by atoms with E-state index in [1.54, 1.807) is 11.8 Å². The topological polar surface area (TPSA) is 32.3 Å². The molecule has 0 bridgehead atoms. The van der Waals surface area contributed by atoms with Crippen LogP contribution in [-0.4, -0.2) is 41.6 Å². The van der Waals surface area contributed by atoms with Gasteiger partial charge in [0.15, 0.2) is 0 Å². The molecule has 1 aliphatic carbocycles. The van der Waals surface area contributed by atoms with Gasteiger partial charge < -0.3 is 10.2 Å². The van der Waals surface area contributed by atoms with Crippen LogP contribution in [0.3, 0.4) is 0 Å². The fourth-order valence-electron chi connectivity index (χ4n) is 4.69. The number of likely N-dealkylation sites (tertiary alicyclic amines) is 1. The highest BCUT2D eigenvalue weighted by molar-refractivity contribution is 8.02. The SMILES string of the molecule is C/C=C1/CC(C)C[C@@H](C)N1CC[C@@H](/C=C/C=C(/C)SC)NC(=O)C1CCC(F)(F)CC1. The normalized spacial score (nSPS) is 27.6. The number of halogens is 2. The van der Waals surface area contributed by atoms with Crippen LogP contribution >= 0.6 is 11.8 Å². The number of nitrogens with zero attached hydrogens (tertiary/aromatic N) is 1. The van der Waals surface area contributed by atoms with Gasteiger partial charge in [0.1, 0.15) is 0 Å². The first-order chi connectivity index (χ1) is 14.6. The van der Waals surface area contributed by atoms with Crippen LogP contribution in [0.2, 0.25) is 0 Å². The molecule has 1 N–H and O–H groups in total. The minimum absolute atomic E-state index is 0.0812. The van der Waals surface area contributed by atoms with E-state index in [-0.39, 0.29) is 43.6 Å². The van der Waals surface area contributed by atoms with Gasteiger partial charge in [0.2, 0.25) is 11.8 Å². The fraction of sp³-hybridized carbons (Fsp3) is 0.720. The fourth-order valence-corrected chi connectivity index (χ4v) is 4.90. The van der Waals surface area contributed by atoms with Crippen molar-refractivity contribution in [3.8, 4) is 0 Å². The second kappa shape index (κ2) is 12.1. The van der Waals surface area contributed by atoms with Crippen molar-refractivity contribution < 1.29 is 13.6 Å². The number of rotatable bonds is 8. The number of thioether (sulfide) groups is 1. The molecule has 0 radical (unpaired) electrons. The predicted octanol–water partition coefficient (Wildman–Crippen LogP) is 6.53. The minimum Gasteiger partial charge on any atom is -0.372 e. The van der Waals surface area contributed by atoms with E-state index < -0.39 is 5.92 Å². The highest BCUT2D eigenvalue weighted by Crippen LogP contribution is 2.36. The zero-order valence-electron chi connectivity index (χ0n) is 19.8. The van der Waals surface area contributed by atoms with Crippen molar-refractivity contribution in [2.24, 2.45) is 11.8 Å². The Morgan fingerprint density at radius 3 is 2.61 bits per heavy atom. The van der Waals surface area contributed by atoms with E-state index in [0.29, 0.717) is 12.0 Å². The average molecular weight is 455 g/mol. The Morgan fingerprint density at radius 1 is 1.32 bits per heavy atom. The Morgan fingerprint density at radius 2 is 2.00 bits per heavy atom. The van der Waals surface area contributed by atoms with Gasteiger partial charge in [-0.3, -0.25) is 4.79 Å². The smallest absolute Gasteiger partial charge is 0.248 e. The molecule has 1 saturated carbocycles. The molecular formula is C25H40F2N2OS. The van der Waals surface area contributed by atoms with Crippen LogP contribution in [0.4, 0.5) is 8.78 Å². The summed E-state index contributed by atoms with van der Waals surface area (Å²) < 4.78 is 27.0. The molecule has 6 heteroatoms. The van der Waals surface area contributed by atoms with E-state index in [1.807, 2.05) is 24.5 Å². The molecule has 1 heterocycles. The lowest BCUT2D eigenvalue weighted by atomic mass is 9.86. The number of nitrogens with one attached hydrogen (secondary N) is 1. The minimum atomic E-state index is -2.61. The van der Waals surface area contributed by atoms with Crippen LogP contribution < -0.4 is 5.32 Å². The Hall–Kier alpha value is -1.30. The summed E-state index contributed by atoms with van der Waals surface area (Å²) in [6.07, 6.45) is 13.6. The summed E-state index contributed by atoms with van der Waals surface area (Å²) in [7, 11) is 0. The van der Waals surface area contributed by atoms with E-state index in [2.05, 4.69) is 44.0 Å². The van der Waals surface area contributed by atoms with E-state index in [1.165, 1.54) is 17.0 Å². The van der Waals surface area contributed by atoms with Crippen molar-refractivity contribution in [1.82, 2.24) is 10.2 Å². The Balaban J connectivity index is 2.03. The Kier molecular flexibility index (Phi) is 10.1. The van der Waals surface area contributed by atoms with Crippen molar-refractivity contribution >= 4 is 17.7 Å². The number of allylic oxidation sites excluding steroid dienone is 5. The van der Waals surface area contributed by atoms with Crippen molar-refractivity contribution in [2.45, 2.75) is 90.6 Å². The lowest BCUT2D eigenvalue weighted by Crippen LogP contribution is -2.44. The van der Waals surface area contributed by atoms with Gasteiger partial charge in [-0.15, -0.1) is 11.8 Å². The summed E-state index contributed by atoms with van der Waals surface area (Å²) >= 11 is 1.69. The average Bonchev–Trinajstić information content (AvgIpc) is 2.71. The van der Waals surface area contributed by atoms with E-state index in [0.717, 1.165) is 19.4 Å². The summed E-state index contributed by atoms with van der Waals surface area (Å²) in [5.41, 5.74) is 1.38. The number of alkyl halides is 2. The van der Waals surface area contributed by atoms with Crippen LogP contribution in [0.15, 0.2) is 34.9 Å². The molecule has 2 fully saturated rings. The summed E-state index contributed by atoms with van der Waals surface area (Å²) in [4.78, 5) is 16.5. The molecule has 3 atom stereocenters. The molecule has 0 aromatic rings. The van der Waals surface area contributed by atoms with Crippen molar-refractivity contribution in [1.29, 1.82) is 0 Å². The van der Waals surface area contributed by atoms with E-state index in [4.69, 9.17) is 0 Å². The van der Waals surface area contributed by atoms with Gasteiger partial charge in [-0.1, -0.05) is 31.2 Å². The van der Waals surface area contributed by atoms with Crippen LogP contribution in [0, 0.1) is 11.8 Å². The zero-order chi connectivity index (χ0) is 23.0. The maximum Gasteiger partial charge on any atom is 0.248 e.